The van der Waals surface area contributed by atoms with E-state index < -0.39 is 0 Å². The number of methoxy groups -OCH3 is 1. The van der Waals surface area contributed by atoms with Crippen LogP contribution in [0.3, 0.4) is 0 Å². The van der Waals surface area contributed by atoms with Crippen molar-refractivity contribution in [3.05, 3.63) is 29.8 Å². The number of benzene rings is 1. The van der Waals surface area contributed by atoms with Crippen LogP contribution >= 0.6 is 0 Å². The van der Waals surface area contributed by atoms with E-state index in [1.54, 1.807) is 43.3 Å². The third-order valence-corrected chi connectivity index (χ3v) is 4.22. The SMILES string of the molecule is CO[C@H]1C[C@@H](CN(C)C(=O)c2ccccc2OCC#N)N(C)C1. The van der Waals surface area contributed by atoms with Crippen LogP contribution in [-0.4, -0.2) is 68.8 Å². The van der Waals surface area contributed by atoms with Crippen molar-refractivity contribution in [2.75, 3.05) is 40.9 Å². The van der Waals surface area contributed by atoms with E-state index in [9.17, 15) is 4.79 Å². The molecule has 6 nitrogen and oxygen atoms in total. The topological polar surface area (TPSA) is 65.8 Å². The molecule has 0 radical (unpaired) electrons. The Kier molecular flexibility index (Phi) is 5.97. The summed E-state index contributed by atoms with van der Waals surface area (Å²) in [6.45, 7) is 1.43. The number of nitriles is 1. The van der Waals surface area contributed by atoms with Crippen LogP contribution in [0, 0.1) is 11.3 Å². The highest BCUT2D eigenvalue weighted by molar-refractivity contribution is 5.96. The second kappa shape index (κ2) is 7.95. The predicted octanol–water partition coefficient (Wildman–Crippen LogP) is 1.38. The fourth-order valence-electron chi connectivity index (χ4n) is 2.90. The summed E-state index contributed by atoms with van der Waals surface area (Å²) in [6, 6.07) is 9.22. The number of hydrogen-bond acceptors (Lipinski definition) is 5. The molecule has 2 atom stereocenters. The van der Waals surface area contributed by atoms with Gasteiger partial charge in [0.05, 0.1) is 11.7 Å². The maximum atomic E-state index is 12.7. The average Bonchev–Trinajstić information content (AvgIpc) is 2.92. The number of likely N-dealkylation sites (tertiary alicyclic amines) is 1. The molecule has 1 aromatic rings. The smallest absolute Gasteiger partial charge is 0.257 e. The normalized spacial score (nSPS) is 21.0. The molecule has 0 unspecified atom stereocenters. The average molecular weight is 317 g/mol. The minimum Gasteiger partial charge on any atom is -0.478 e. The monoisotopic (exact) mass is 317 g/mol. The summed E-state index contributed by atoms with van der Waals surface area (Å²) in [5.41, 5.74) is 0.481. The third kappa shape index (κ3) is 4.21. The highest BCUT2D eigenvalue weighted by Crippen LogP contribution is 2.22. The number of ether oxygens (including phenoxy) is 2. The Balaban J connectivity index is 2.04. The van der Waals surface area contributed by atoms with Gasteiger partial charge in [0, 0.05) is 33.3 Å². The zero-order chi connectivity index (χ0) is 16.8. The number of para-hydroxylation sites is 1. The molecular formula is C17H23N3O3. The van der Waals surface area contributed by atoms with E-state index in [0.717, 1.165) is 13.0 Å². The van der Waals surface area contributed by atoms with Crippen LogP contribution in [0.1, 0.15) is 16.8 Å². The highest BCUT2D eigenvalue weighted by Gasteiger charge is 2.31. The van der Waals surface area contributed by atoms with Crippen LogP contribution in [0.15, 0.2) is 24.3 Å². The first-order valence-corrected chi connectivity index (χ1v) is 7.64. The molecule has 124 valence electrons. The quantitative estimate of drug-likeness (QED) is 0.793. The highest BCUT2D eigenvalue weighted by atomic mass is 16.5. The minimum absolute atomic E-state index is 0.0745. The summed E-state index contributed by atoms with van der Waals surface area (Å²) in [6.07, 6.45) is 1.14. The molecule has 2 rings (SSSR count). The Morgan fingerprint density at radius 1 is 1.48 bits per heavy atom. The van der Waals surface area contributed by atoms with Crippen molar-refractivity contribution in [1.82, 2.24) is 9.80 Å². The van der Waals surface area contributed by atoms with Gasteiger partial charge in [-0.2, -0.15) is 5.26 Å². The molecule has 1 aliphatic heterocycles. The zero-order valence-corrected chi connectivity index (χ0v) is 13.9. The van der Waals surface area contributed by atoms with Crippen LogP contribution in [0.25, 0.3) is 0 Å². The molecule has 0 N–H and O–H groups in total. The van der Waals surface area contributed by atoms with Gasteiger partial charge in [-0.1, -0.05) is 12.1 Å². The molecule has 0 aliphatic carbocycles. The molecule has 6 heteroatoms. The van der Waals surface area contributed by atoms with Crippen molar-refractivity contribution in [2.45, 2.75) is 18.6 Å². The van der Waals surface area contributed by atoms with Gasteiger partial charge in [-0.25, -0.2) is 0 Å². The van der Waals surface area contributed by atoms with Crippen LogP contribution in [0.2, 0.25) is 0 Å². The molecule has 0 aromatic heterocycles. The molecule has 0 saturated carbocycles. The van der Waals surface area contributed by atoms with Gasteiger partial charge in [0.1, 0.15) is 11.8 Å². The Hall–Kier alpha value is -2.10. The van der Waals surface area contributed by atoms with Gasteiger partial charge in [0.25, 0.3) is 5.91 Å². The molecule has 1 amide bonds. The van der Waals surface area contributed by atoms with E-state index in [2.05, 4.69) is 4.90 Å². The van der Waals surface area contributed by atoms with E-state index in [-0.39, 0.29) is 24.7 Å². The second-order valence-electron chi connectivity index (χ2n) is 5.82. The van der Waals surface area contributed by atoms with Crippen molar-refractivity contribution < 1.29 is 14.3 Å². The van der Waals surface area contributed by atoms with Crippen molar-refractivity contribution >= 4 is 5.91 Å². The second-order valence-corrected chi connectivity index (χ2v) is 5.82. The maximum Gasteiger partial charge on any atom is 0.257 e. The fourth-order valence-corrected chi connectivity index (χ4v) is 2.90. The fraction of sp³-hybridized carbons (Fsp3) is 0.529. The Morgan fingerprint density at radius 3 is 2.87 bits per heavy atom. The van der Waals surface area contributed by atoms with E-state index >= 15 is 0 Å². The molecule has 0 bridgehead atoms. The molecule has 1 saturated heterocycles. The first-order chi connectivity index (χ1) is 11.1. The Bertz CT molecular complexity index is 585. The van der Waals surface area contributed by atoms with Crippen LogP contribution in [0.5, 0.6) is 5.75 Å². The number of carbonyl (C=O) groups is 1. The minimum atomic E-state index is -0.104. The summed E-state index contributed by atoms with van der Waals surface area (Å²) in [4.78, 5) is 16.6. The molecule has 1 aromatic carbocycles. The van der Waals surface area contributed by atoms with Crippen LogP contribution < -0.4 is 4.74 Å². The lowest BCUT2D eigenvalue weighted by Crippen LogP contribution is -2.39. The lowest BCUT2D eigenvalue weighted by molar-refractivity contribution is 0.0756. The number of likely N-dealkylation sites (N-methyl/N-ethyl adjacent to an activating group) is 2. The van der Waals surface area contributed by atoms with Crippen molar-refractivity contribution in [3.63, 3.8) is 0 Å². The molecular weight excluding hydrogens is 294 g/mol. The van der Waals surface area contributed by atoms with Gasteiger partial charge in [-0.15, -0.1) is 0 Å². The third-order valence-electron chi connectivity index (χ3n) is 4.22. The standard InChI is InChI=1S/C17H23N3O3/c1-19-12-14(22-3)10-13(19)11-20(2)17(21)15-6-4-5-7-16(15)23-9-8-18/h4-7,13-14H,9-12H2,1-3H3/t13-,14-/m0/s1. The van der Waals surface area contributed by atoms with Gasteiger partial charge in [0.15, 0.2) is 6.61 Å². The molecule has 1 aliphatic rings. The van der Waals surface area contributed by atoms with Crippen molar-refractivity contribution in [3.8, 4) is 11.8 Å². The summed E-state index contributed by atoms with van der Waals surface area (Å²) < 4.78 is 10.8. The van der Waals surface area contributed by atoms with E-state index in [1.807, 2.05) is 13.1 Å². The van der Waals surface area contributed by atoms with Crippen LogP contribution in [-0.2, 0) is 4.74 Å². The molecule has 23 heavy (non-hydrogen) atoms. The number of rotatable bonds is 6. The number of nitrogens with zero attached hydrogens (tertiary/aromatic N) is 3. The first kappa shape index (κ1) is 17.3. The summed E-state index contributed by atoms with van der Waals surface area (Å²) in [7, 11) is 5.56. The molecule has 0 spiro atoms. The predicted molar refractivity (Wildman–Crippen MR) is 86.3 cm³/mol. The largest absolute Gasteiger partial charge is 0.478 e. The van der Waals surface area contributed by atoms with E-state index in [4.69, 9.17) is 14.7 Å². The summed E-state index contributed by atoms with van der Waals surface area (Å²) >= 11 is 0. The van der Waals surface area contributed by atoms with Gasteiger partial charge < -0.3 is 14.4 Å². The lowest BCUT2D eigenvalue weighted by atomic mass is 10.1. The molecule has 1 heterocycles. The van der Waals surface area contributed by atoms with E-state index in [1.165, 1.54) is 0 Å². The van der Waals surface area contributed by atoms with E-state index in [0.29, 0.717) is 17.9 Å². The van der Waals surface area contributed by atoms with Crippen molar-refractivity contribution in [2.24, 2.45) is 0 Å². The van der Waals surface area contributed by atoms with Gasteiger partial charge >= 0.3 is 0 Å². The first-order valence-electron chi connectivity index (χ1n) is 7.64. The Morgan fingerprint density at radius 2 is 2.22 bits per heavy atom. The number of amides is 1. The lowest BCUT2D eigenvalue weighted by Gasteiger charge is -2.26. The van der Waals surface area contributed by atoms with Gasteiger partial charge in [-0.3, -0.25) is 9.69 Å². The summed E-state index contributed by atoms with van der Waals surface area (Å²) in [5.74, 6) is 0.341. The van der Waals surface area contributed by atoms with Gasteiger partial charge in [-0.05, 0) is 25.6 Å². The Labute approximate surface area is 137 Å². The number of hydrogen-bond donors (Lipinski definition) is 0. The van der Waals surface area contributed by atoms with Crippen LogP contribution in [0.4, 0.5) is 0 Å². The molecule has 1 fully saturated rings. The maximum absolute atomic E-state index is 12.7. The van der Waals surface area contributed by atoms with Crippen molar-refractivity contribution in [1.29, 1.82) is 5.26 Å². The zero-order valence-electron chi connectivity index (χ0n) is 13.9. The summed E-state index contributed by atoms with van der Waals surface area (Å²) in [5, 5.41) is 8.65. The number of carbonyl (C=O) groups excluding carboxylic acids is 1. The van der Waals surface area contributed by atoms with Gasteiger partial charge in [0.2, 0.25) is 0 Å².